The Balaban J connectivity index is 1.74. The molecular weight excluding hydrogens is 278 g/mol. The molecule has 4 nitrogen and oxygen atoms in total. The summed E-state index contributed by atoms with van der Waals surface area (Å²) in [7, 11) is 0. The molecule has 1 N–H and O–H groups in total. The van der Waals surface area contributed by atoms with E-state index in [1.54, 1.807) is 0 Å². The lowest BCUT2D eigenvalue weighted by Gasteiger charge is -2.34. The summed E-state index contributed by atoms with van der Waals surface area (Å²) in [6.45, 7) is 6.51. The number of alkyl carbamates (subject to hydrolysis) is 1. The van der Waals surface area contributed by atoms with Gasteiger partial charge in [0.25, 0.3) is 0 Å². The van der Waals surface area contributed by atoms with Crippen LogP contribution in [-0.4, -0.2) is 23.8 Å². The van der Waals surface area contributed by atoms with Gasteiger partial charge in [0.15, 0.2) is 0 Å². The van der Waals surface area contributed by atoms with Crippen LogP contribution in [0.1, 0.15) is 52.0 Å². The zero-order chi connectivity index (χ0) is 16.0. The molecule has 2 rings (SSSR count). The van der Waals surface area contributed by atoms with Crippen LogP contribution in [-0.2, 0) is 16.1 Å². The first-order valence-electron chi connectivity index (χ1n) is 8.07. The maximum Gasteiger partial charge on any atom is 0.407 e. The van der Waals surface area contributed by atoms with Crippen molar-refractivity contribution in [2.75, 3.05) is 0 Å². The summed E-state index contributed by atoms with van der Waals surface area (Å²) >= 11 is 0. The number of amides is 1. The van der Waals surface area contributed by atoms with Crippen LogP contribution < -0.4 is 5.32 Å². The number of carbonyl (C=O) groups excluding carboxylic acids is 1. The van der Waals surface area contributed by atoms with Crippen molar-refractivity contribution >= 4 is 6.09 Å². The molecule has 1 fully saturated rings. The number of rotatable bonds is 4. The molecule has 1 amide bonds. The quantitative estimate of drug-likeness (QED) is 0.913. The van der Waals surface area contributed by atoms with Crippen molar-refractivity contribution in [3.63, 3.8) is 0 Å². The van der Waals surface area contributed by atoms with Gasteiger partial charge in [-0.05, 0) is 52.0 Å². The van der Waals surface area contributed by atoms with Crippen LogP contribution in [0.25, 0.3) is 0 Å². The van der Waals surface area contributed by atoms with Crippen molar-refractivity contribution in [1.82, 2.24) is 5.32 Å². The molecule has 0 saturated heterocycles. The fourth-order valence-corrected chi connectivity index (χ4v) is 2.81. The second-order valence-electron chi connectivity index (χ2n) is 6.92. The number of hydrogen-bond acceptors (Lipinski definition) is 3. The van der Waals surface area contributed by atoms with E-state index in [-0.39, 0.29) is 23.8 Å². The fourth-order valence-electron chi connectivity index (χ4n) is 2.81. The van der Waals surface area contributed by atoms with Gasteiger partial charge in [-0.2, -0.15) is 0 Å². The molecule has 0 heterocycles. The number of nitrogens with one attached hydrogen (secondary N) is 1. The third kappa shape index (κ3) is 6.06. The zero-order valence-corrected chi connectivity index (χ0v) is 13.8. The predicted molar refractivity (Wildman–Crippen MR) is 86.6 cm³/mol. The molecule has 1 aliphatic carbocycles. The van der Waals surface area contributed by atoms with Crippen molar-refractivity contribution in [1.29, 1.82) is 0 Å². The van der Waals surface area contributed by atoms with E-state index < -0.39 is 0 Å². The molecule has 1 saturated carbocycles. The van der Waals surface area contributed by atoms with E-state index in [1.165, 1.54) is 0 Å². The summed E-state index contributed by atoms with van der Waals surface area (Å²) in [5.74, 6) is 0. The Bertz CT molecular complexity index is 467. The topological polar surface area (TPSA) is 47.6 Å². The van der Waals surface area contributed by atoms with Gasteiger partial charge in [0.2, 0.25) is 0 Å². The Labute approximate surface area is 133 Å². The zero-order valence-electron chi connectivity index (χ0n) is 13.8. The fraction of sp³-hybridized carbons (Fsp3) is 0.611. The van der Waals surface area contributed by atoms with Crippen molar-refractivity contribution in [3.8, 4) is 0 Å². The van der Waals surface area contributed by atoms with E-state index in [4.69, 9.17) is 9.47 Å². The van der Waals surface area contributed by atoms with Crippen LogP contribution in [0.15, 0.2) is 30.3 Å². The van der Waals surface area contributed by atoms with Gasteiger partial charge in [-0.1, -0.05) is 30.3 Å². The van der Waals surface area contributed by atoms with Crippen molar-refractivity contribution < 1.29 is 14.3 Å². The first-order valence-corrected chi connectivity index (χ1v) is 8.07. The number of hydrogen-bond donors (Lipinski definition) is 1. The predicted octanol–water partition coefficient (Wildman–Crippen LogP) is 4.04. The Hall–Kier alpha value is -1.55. The molecule has 1 aliphatic rings. The molecule has 0 aromatic heterocycles. The molecule has 0 aliphatic heterocycles. The average Bonchev–Trinajstić information content (AvgIpc) is 2.45. The minimum Gasteiger partial charge on any atom is -0.445 e. The van der Waals surface area contributed by atoms with Crippen molar-refractivity contribution in [3.05, 3.63) is 35.9 Å². The first kappa shape index (κ1) is 16.8. The normalized spacial score (nSPS) is 22.1. The van der Waals surface area contributed by atoms with Gasteiger partial charge in [-0.15, -0.1) is 0 Å². The van der Waals surface area contributed by atoms with Crippen molar-refractivity contribution in [2.24, 2.45) is 0 Å². The minimum absolute atomic E-state index is 0.139. The first-order chi connectivity index (χ1) is 10.4. The molecule has 4 heteroatoms. The monoisotopic (exact) mass is 305 g/mol. The second-order valence-corrected chi connectivity index (χ2v) is 6.92. The standard InChI is InChI=1S/C18H27NO3/c1-18(2,3)22-16-11-7-10-15(12-16)19-17(20)21-13-14-8-5-4-6-9-14/h4-6,8-9,15-16H,7,10-13H2,1-3H3,(H,19,20)/t15-,16-/m1/s1. The van der Waals surface area contributed by atoms with Gasteiger partial charge >= 0.3 is 6.09 Å². The maximum atomic E-state index is 11.9. The van der Waals surface area contributed by atoms with E-state index in [2.05, 4.69) is 26.1 Å². The van der Waals surface area contributed by atoms with Gasteiger partial charge in [0, 0.05) is 6.04 Å². The number of carbonyl (C=O) groups is 1. The molecule has 2 atom stereocenters. The van der Waals surface area contributed by atoms with Gasteiger partial charge in [-0.3, -0.25) is 0 Å². The number of benzene rings is 1. The van der Waals surface area contributed by atoms with Gasteiger partial charge in [-0.25, -0.2) is 4.79 Å². The lowest BCUT2D eigenvalue weighted by molar-refractivity contribution is -0.0772. The van der Waals surface area contributed by atoms with Crippen LogP contribution >= 0.6 is 0 Å². The van der Waals surface area contributed by atoms with Gasteiger partial charge in [0.1, 0.15) is 6.61 Å². The molecule has 122 valence electrons. The molecule has 0 radical (unpaired) electrons. The van der Waals surface area contributed by atoms with Crippen LogP contribution in [0.2, 0.25) is 0 Å². The highest BCUT2D eigenvalue weighted by Gasteiger charge is 2.27. The van der Waals surface area contributed by atoms with Gasteiger partial charge < -0.3 is 14.8 Å². The summed E-state index contributed by atoms with van der Waals surface area (Å²) in [6, 6.07) is 9.85. The van der Waals surface area contributed by atoms with E-state index in [1.807, 2.05) is 30.3 Å². The third-order valence-corrected chi connectivity index (χ3v) is 3.68. The van der Waals surface area contributed by atoms with Crippen LogP contribution in [0, 0.1) is 0 Å². The Morgan fingerprint density at radius 3 is 2.64 bits per heavy atom. The lowest BCUT2D eigenvalue weighted by atomic mass is 9.92. The summed E-state index contributed by atoms with van der Waals surface area (Å²) in [4.78, 5) is 11.9. The molecule has 1 aromatic carbocycles. The van der Waals surface area contributed by atoms with E-state index in [0.717, 1.165) is 31.2 Å². The maximum absolute atomic E-state index is 11.9. The van der Waals surface area contributed by atoms with Crippen LogP contribution in [0.3, 0.4) is 0 Å². The highest BCUT2D eigenvalue weighted by atomic mass is 16.5. The minimum atomic E-state index is -0.342. The Morgan fingerprint density at radius 1 is 1.23 bits per heavy atom. The van der Waals surface area contributed by atoms with Crippen LogP contribution in [0.5, 0.6) is 0 Å². The Morgan fingerprint density at radius 2 is 1.95 bits per heavy atom. The number of ether oxygens (including phenoxy) is 2. The lowest BCUT2D eigenvalue weighted by Crippen LogP contribution is -2.42. The third-order valence-electron chi connectivity index (χ3n) is 3.68. The molecule has 1 aromatic rings. The SMILES string of the molecule is CC(C)(C)O[C@@H]1CCC[C@@H](NC(=O)OCc2ccccc2)C1. The molecular formula is C18H27NO3. The summed E-state index contributed by atoms with van der Waals surface area (Å²) in [5, 5.41) is 2.96. The molecule has 0 bridgehead atoms. The highest BCUT2D eigenvalue weighted by Crippen LogP contribution is 2.25. The largest absolute Gasteiger partial charge is 0.445 e. The van der Waals surface area contributed by atoms with Gasteiger partial charge in [0.05, 0.1) is 11.7 Å². The smallest absolute Gasteiger partial charge is 0.407 e. The summed E-state index contributed by atoms with van der Waals surface area (Å²) < 4.78 is 11.3. The van der Waals surface area contributed by atoms with Crippen LogP contribution in [0.4, 0.5) is 4.79 Å². The summed E-state index contributed by atoms with van der Waals surface area (Å²) in [6.07, 6.45) is 3.86. The van der Waals surface area contributed by atoms with E-state index in [0.29, 0.717) is 6.61 Å². The van der Waals surface area contributed by atoms with E-state index >= 15 is 0 Å². The van der Waals surface area contributed by atoms with E-state index in [9.17, 15) is 4.79 Å². The van der Waals surface area contributed by atoms with Crippen molar-refractivity contribution in [2.45, 2.75) is 70.8 Å². The highest BCUT2D eigenvalue weighted by molar-refractivity contribution is 5.67. The molecule has 0 spiro atoms. The summed E-state index contributed by atoms with van der Waals surface area (Å²) in [5.41, 5.74) is 0.857. The second kappa shape index (κ2) is 7.63. The Kier molecular flexibility index (Phi) is 5.83. The molecule has 22 heavy (non-hydrogen) atoms. The average molecular weight is 305 g/mol. The molecule has 0 unspecified atom stereocenters.